The maximum atomic E-state index is 13.2. The molecule has 2 aromatic carbocycles. The van der Waals surface area contributed by atoms with Gasteiger partial charge in [0.15, 0.2) is 6.61 Å². The summed E-state index contributed by atoms with van der Waals surface area (Å²) in [7, 11) is 1.61. The first-order chi connectivity index (χ1) is 15.3. The van der Waals surface area contributed by atoms with E-state index in [4.69, 9.17) is 9.47 Å². The van der Waals surface area contributed by atoms with Gasteiger partial charge in [0, 0.05) is 13.1 Å². The maximum absolute atomic E-state index is 13.2. The van der Waals surface area contributed by atoms with Gasteiger partial charge in [-0.05, 0) is 74.6 Å². The number of rotatable bonds is 11. The van der Waals surface area contributed by atoms with Gasteiger partial charge in [-0.15, -0.1) is 0 Å². The van der Waals surface area contributed by atoms with Gasteiger partial charge in [-0.1, -0.05) is 31.5 Å². The van der Waals surface area contributed by atoms with Crippen LogP contribution in [0.2, 0.25) is 0 Å². The molecule has 2 rings (SSSR count). The lowest BCUT2D eigenvalue weighted by Crippen LogP contribution is -2.49. The minimum atomic E-state index is -0.620. The molecule has 0 aliphatic carbocycles. The van der Waals surface area contributed by atoms with Crippen molar-refractivity contribution in [2.45, 2.75) is 60.0 Å². The Morgan fingerprint density at radius 1 is 1.09 bits per heavy atom. The predicted molar refractivity (Wildman–Crippen MR) is 127 cm³/mol. The van der Waals surface area contributed by atoms with Gasteiger partial charge in [0.05, 0.1) is 7.11 Å². The van der Waals surface area contributed by atoms with Crippen molar-refractivity contribution in [2.75, 3.05) is 20.3 Å². The second kappa shape index (κ2) is 12.1. The highest BCUT2D eigenvalue weighted by Gasteiger charge is 2.26. The Morgan fingerprint density at radius 3 is 2.41 bits per heavy atom. The monoisotopic (exact) mass is 440 g/mol. The molecule has 0 unspecified atom stereocenters. The molecule has 0 bridgehead atoms. The quantitative estimate of drug-likeness (QED) is 0.528. The van der Waals surface area contributed by atoms with Gasteiger partial charge in [0.2, 0.25) is 5.91 Å². The molecule has 1 N–H and O–H groups in total. The Labute approximate surface area is 191 Å². The maximum Gasteiger partial charge on any atom is 0.261 e. The van der Waals surface area contributed by atoms with Gasteiger partial charge < -0.3 is 19.7 Å². The van der Waals surface area contributed by atoms with E-state index in [1.54, 1.807) is 18.9 Å². The number of carbonyl (C=O) groups is 2. The molecule has 0 heterocycles. The van der Waals surface area contributed by atoms with Crippen LogP contribution in [0.4, 0.5) is 0 Å². The summed E-state index contributed by atoms with van der Waals surface area (Å²) in [5.74, 6) is 1.03. The number of aryl methyl sites for hydroxylation is 2. The number of benzene rings is 2. The molecule has 2 amide bonds. The molecule has 32 heavy (non-hydrogen) atoms. The smallest absolute Gasteiger partial charge is 0.261 e. The number of carbonyl (C=O) groups excluding carboxylic acids is 2. The summed E-state index contributed by atoms with van der Waals surface area (Å²) in [4.78, 5) is 27.5. The summed E-state index contributed by atoms with van der Waals surface area (Å²) >= 11 is 0. The van der Waals surface area contributed by atoms with E-state index in [9.17, 15) is 9.59 Å². The van der Waals surface area contributed by atoms with Crippen LogP contribution in [0, 0.1) is 20.8 Å². The first-order valence-electron chi connectivity index (χ1n) is 11.2. The Kier molecular flexibility index (Phi) is 9.57. The third-order valence-electron chi connectivity index (χ3n) is 5.62. The molecular formula is C26H36N2O4. The van der Waals surface area contributed by atoms with Gasteiger partial charge in [-0.2, -0.15) is 0 Å². The summed E-state index contributed by atoms with van der Waals surface area (Å²) in [6.45, 7) is 10.6. The molecule has 0 aliphatic heterocycles. The van der Waals surface area contributed by atoms with Crippen LogP contribution in [0.15, 0.2) is 36.4 Å². The normalized spacial score (nSPS) is 11.6. The van der Waals surface area contributed by atoms with E-state index in [1.807, 2.05) is 51.1 Å². The fraction of sp³-hybridized carbons (Fsp3) is 0.462. The molecule has 174 valence electrons. The van der Waals surface area contributed by atoms with Crippen LogP contribution < -0.4 is 14.8 Å². The van der Waals surface area contributed by atoms with Crippen molar-refractivity contribution in [2.24, 2.45) is 0 Å². The second-order valence-electron chi connectivity index (χ2n) is 8.18. The third kappa shape index (κ3) is 7.01. The van der Waals surface area contributed by atoms with Crippen molar-refractivity contribution >= 4 is 11.8 Å². The number of methoxy groups -OCH3 is 1. The van der Waals surface area contributed by atoms with Crippen molar-refractivity contribution in [1.82, 2.24) is 10.2 Å². The van der Waals surface area contributed by atoms with E-state index in [0.717, 1.165) is 40.8 Å². The first-order valence-corrected chi connectivity index (χ1v) is 11.2. The van der Waals surface area contributed by atoms with E-state index in [1.165, 1.54) is 0 Å². The van der Waals surface area contributed by atoms with Crippen LogP contribution in [0.3, 0.4) is 0 Å². The molecule has 2 aromatic rings. The summed E-state index contributed by atoms with van der Waals surface area (Å²) < 4.78 is 11.1. The minimum Gasteiger partial charge on any atom is -0.497 e. The summed E-state index contributed by atoms with van der Waals surface area (Å²) in [6.07, 6.45) is 1.90. The summed E-state index contributed by atoms with van der Waals surface area (Å²) in [5, 5.41) is 2.93. The van der Waals surface area contributed by atoms with Crippen molar-refractivity contribution in [3.63, 3.8) is 0 Å². The predicted octanol–water partition coefficient (Wildman–Crippen LogP) is 4.33. The van der Waals surface area contributed by atoms with Gasteiger partial charge >= 0.3 is 0 Å². The van der Waals surface area contributed by atoms with Crippen molar-refractivity contribution in [3.05, 3.63) is 58.7 Å². The molecule has 0 fully saturated rings. The highest BCUT2D eigenvalue weighted by molar-refractivity contribution is 5.88. The molecule has 0 spiro atoms. The van der Waals surface area contributed by atoms with Gasteiger partial charge in [0.1, 0.15) is 17.5 Å². The van der Waals surface area contributed by atoms with Crippen molar-refractivity contribution < 1.29 is 19.1 Å². The van der Waals surface area contributed by atoms with Gasteiger partial charge in [-0.3, -0.25) is 9.59 Å². The molecular weight excluding hydrogens is 404 g/mol. The highest BCUT2D eigenvalue weighted by Crippen LogP contribution is 2.23. The number of unbranched alkanes of at least 4 members (excludes halogenated alkanes) is 1. The van der Waals surface area contributed by atoms with E-state index >= 15 is 0 Å². The Morgan fingerprint density at radius 2 is 1.78 bits per heavy atom. The van der Waals surface area contributed by atoms with Gasteiger partial charge in [-0.25, -0.2) is 0 Å². The number of nitrogens with one attached hydrogen (secondary N) is 1. The van der Waals surface area contributed by atoms with Crippen LogP contribution in [0.5, 0.6) is 11.5 Å². The largest absolute Gasteiger partial charge is 0.497 e. The standard InChI is InChI=1S/C26H36N2O4/c1-7-8-13-27-26(30)21(5)28(16-22-9-11-23(31-6)12-10-22)25(29)17-32-24-15-18(2)14-19(3)20(24)4/h9-12,14-15,21H,7-8,13,16-17H2,1-6H3,(H,27,30)/t21-/m0/s1. The highest BCUT2D eigenvalue weighted by atomic mass is 16.5. The van der Waals surface area contributed by atoms with Crippen molar-refractivity contribution in [3.8, 4) is 11.5 Å². The van der Waals surface area contributed by atoms with Crippen LogP contribution in [0.25, 0.3) is 0 Å². The average Bonchev–Trinajstić information content (AvgIpc) is 2.78. The lowest BCUT2D eigenvalue weighted by atomic mass is 10.1. The fourth-order valence-corrected chi connectivity index (χ4v) is 3.42. The molecule has 0 saturated carbocycles. The van der Waals surface area contributed by atoms with E-state index in [0.29, 0.717) is 18.8 Å². The number of hydrogen-bond acceptors (Lipinski definition) is 4. The molecule has 0 aliphatic rings. The Bertz CT molecular complexity index is 909. The molecule has 6 heteroatoms. The second-order valence-corrected chi connectivity index (χ2v) is 8.18. The molecule has 0 radical (unpaired) electrons. The number of hydrogen-bond donors (Lipinski definition) is 1. The van der Waals surface area contributed by atoms with Crippen LogP contribution in [-0.2, 0) is 16.1 Å². The third-order valence-corrected chi connectivity index (χ3v) is 5.62. The first kappa shape index (κ1) is 25.2. The zero-order valence-electron chi connectivity index (χ0n) is 20.2. The van der Waals surface area contributed by atoms with E-state index in [2.05, 4.69) is 18.3 Å². The lowest BCUT2D eigenvalue weighted by Gasteiger charge is -2.29. The topological polar surface area (TPSA) is 67.9 Å². The molecule has 0 aromatic heterocycles. The SMILES string of the molecule is CCCCNC(=O)[C@H](C)N(Cc1ccc(OC)cc1)C(=O)COc1cc(C)cc(C)c1C. The number of amides is 2. The summed E-state index contributed by atoms with van der Waals surface area (Å²) in [6, 6.07) is 10.9. The fourth-order valence-electron chi connectivity index (χ4n) is 3.42. The summed E-state index contributed by atoms with van der Waals surface area (Å²) in [5.41, 5.74) is 4.12. The minimum absolute atomic E-state index is 0.132. The lowest BCUT2D eigenvalue weighted by molar-refractivity contribution is -0.142. The number of ether oxygens (including phenoxy) is 2. The Balaban J connectivity index is 2.17. The van der Waals surface area contributed by atoms with Crippen molar-refractivity contribution in [1.29, 1.82) is 0 Å². The van der Waals surface area contributed by atoms with E-state index in [-0.39, 0.29) is 18.4 Å². The van der Waals surface area contributed by atoms with Gasteiger partial charge in [0.25, 0.3) is 5.91 Å². The zero-order valence-corrected chi connectivity index (χ0v) is 20.2. The zero-order chi connectivity index (χ0) is 23.7. The molecule has 1 atom stereocenters. The van der Waals surface area contributed by atoms with E-state index < -0.39 is 6.04 Å². The average molecular weight is 441 g/mol. The van der Waals surface area contributed by atoms with Crippen LogP contribution in [0.1, 0.15) is 48.9 Å². The Hall–Kier alpha value is -3.02. The van der Waals surface area contributed by atoms with Crippen LogP contribution >= 0.6 is 0 Å². The number of nitrogens with zero attached hydrogens (tertiary/aromatic N) is 1. The van der Waals surface area contributed by atoms with Crippen LogP contribution in [-0.4, -0.2) is 43.0 Å². The molecule has 6 nitrogen and oxygen atoms in total. The molecule has 0 saturated heterocycles.